The van der Waals surface area contributed by atoms with Gasteiger partial charge in [0.1, 0.15) is 0 Å². The van der Waals surface area contributed by atoms with Gasteiger partial charge in [-0.3, -0.25) is 0 Å². The summed E-state index contributed by atoms with van der Waals surface area (Å²) >= 11 is 1.45. The van der Waals surface area contributed by atoms with E-state index in [1.807, 2.05) is 5.38 Å². The predicted octanol–water partition coefficient (Wildman–Crippen LogP) is 3.65. The van der Waals surface area contributed by atoms with Gasteiger partial charge in [0.25, 0.3) is 0 Å². The van der Waals surface area contributed by atoms with Gasteiger partial charge in [-0.2, -0.15) is 13.2 Å². The molecule has 0 amide bonds. The Morgan fingerprint density at radius 3 is 2.60 bits per heavy atom. The first-order valence-electron chi connectivity index (χ1n) is 6.31. The Morgan fingerprint density at radius 1 is 1.30 bits per heavy atom. The number of aliphatic hydroxyl groups is 1. The molecule has 0 aliphatic rings. The van der Waals surface area contributed by atoms with Gasteiger partial charge in [0.15, 0.2) is 0 Å². The molecule has 2 aromatic rings. The number of hydrogen-bond acceptors (Lipinski definition) is 3. The minimum absolute atomic E-state index is 0.135. The molecule has 0 radical (unpaired) electrons. The fourth-order valence-corrected chi connectivity index (χ4v) is 3.09. The third-order valence-electron chi connectivity index (χ3n) is 3.46. The molecule has 1 aromatic heterocycles. The topological polar surface area (TPSA) is 32.3 Å². The molecule has 2 atom stereocenters. The van der Waals surface area contributed by atoms with Gasteiger partial charge in [0.2, 0.25) is 5.60 Å². The van der Waals surface area contributed by atoms with Crippen LogP contribution < -0.4 is 5.32 Å². The number of likely N-dealkylation sites (N-methyl/N-ethyl adjacent to an activating group) is 1. The molecule has 0 aliphatic heterocycles. The normalized spacial score (nSPS) is 17.1. The molecule has 6 heteroatoms. The van der Waals surface area contributed by atoms with E-state index in [1.54, 1.807) is 19.1 Å². The van der Waals surface area contributed by atoms with E-state index in [-0.39, 0.29) is 5.56 Å². The lowest BCUT2D eigenvalue weighted by atomic mass is 9.86. The fourth-order valence-electron chi connectivity index (χ4n) is 2.32. The van der Waals surface area contributed by atoms with Gasteiger partial charge in [0.05, 0.1) is 0 Å². The van der Waals surface area contributed by atoms with Gasteiger partial charge < -0.3 is 10.4 Å². The van der Waals surface area contributed by atoms with Crippen molar-refractivity contribution in [3.05, 3.63) is 35.2 Å². The van der Waals surface area contributed by atoms with Crippen LogP contribution in [0.3, 0.4) is 0 Å². The number of hydrogen-bond donors (Lipinski definition) is 2. The lowest BCUT2D eigenvalue weighted by Gasteiger charge is -2.36. The molecule has 0 aliphatic carbocycles. The van der Waals surface area contributed by atoms with E-state index in [2.05, 4.69) is 5.32 Å². The maximum absolute atomic E-state index is 13.4. The van der Waals surface area contributed by atoms with Gasteiger partial charge >= 0.3 is 6.18 Å². The van der Waals surface area contributed by atoms with E-state index in [0.29, 0.717) is 11.9 Å². The van der Waals surface area contributed by atoms with Crippen LogP contribution in [0.2, 0.25) is 0 Å². The van der Waals surface area contributed by atoms with E-state index in [9.17, 15) is 18.3 Å². The van der Waals surface area contributed by atoms with Crippen molar-refractivity contribution in [1.82, 2.24) is 5.32 Å². The molecule has 2 N–H and O–H groups in total. The predicted molar refractivity (Wildman–Crippen MR) is 74.9 cm³/mol. The number of alkyl halides is 3. The second-order valence-electron chi connectivity index (χ2n) is 4.72. The second-order valence-corrected chi connectivity index (χ2v) is 5.66. The van der Waals surface area contributed by atoms with E-state index in [4.69, 9.17) is 0 Å². The highest BCUT2D eigenvalue weighted by Gasteiger charge is 2.58. The first-order valence-corrected chi connectivity index (χ1v) is 7.19. The van der Waals surface area contributed by atoms with E-state index < -0.39 is 17.8 Å². The average Bonchev–Trinajstić information content (AvgIpc) is 2.83. The zero-order valence-electron chi connectivity index (χ0n) is 11.2. The van der Waals surface area contributed by atoms with E-state index >= 15 is 0 Å². The average molecular weight is 303 g/mol. The van der Waals surface area contributed by atoms with E-state index in [0.717, 1.165) is 4.70 Å². The van der Waals surface area contributed by atoms with Gasteiger partial charge in [-0.05, 0) is 48.0 Å². The molecule has 2 nitrogen and oxygen atoms in total. The highest BCUT2D eigenvalue weighted by atomic mass is 32.1. The molecule has 0 bridgehead atoms. The quantitative estimate of drug-likeness (QED) is 0.903. The van der Waals surface area contributed by atoms with Crippen LogP contribution in [0, 0.1) is 0 Å². The van der Waals surface area contributed by atoms with Crippen LogP contribution >= 0.6 is 11.3 Å². The molecule has 2 unspecified atom stereocenters. The third-order valence-corrected chi connectivity index (χ3v) is 4.36. The van der Waals surface area contributed by atoms with Gasteiger partial charge in [0, 0.05) is 10.7 Å². The maximum Gasteiger partial charge on any atom is 0.422 e. The van der Waals surface area contributed by atoms with Crippen molar-refractivity contribution in [2.24, 2.45) is 0 Å². The van der Waals surface area contributed by atoms with Crippen molar-refractivity contribution in [1.29, 1.82) is 0 Å². The summed E-state index contributed by atoms with van der Waals surface area (Å²) in [7, 11) is 0. The summed E-state index contributed by atoms with van der Waals surface area (Å²) in [6, 6.07) is 4.99. The highest BCUT2D eigenvalue weighted by molar-refractivity contribution is 7.17. The van der Waals surface area contributed by atoms with Crippen molar-refractivity contribution >= 4 is 21.4 Å². The Kier molecular flexibility index (Phi) is 4.09. The molecule has 1 aromatic carbocycles. The van der Waals surface area contributed by atoms with Crippen LogP contribution in [0.4, 0.5) is 13.2 Å². The molecule has 2 rings (SSSR count). The standard InChI is InChI=1S/C14H16F3NOS/c1-3-18-9(2)13(19,14(15,16)17)11-4-5-12-10(8-11)6-7-20-12/h4-9,18-19H,3H2,1-2H3. The number of nitrogens with one attached hydrogen (secondary N) is 1. The van der Waals surface area contributed by atoms with Gasteiger partial charge in [-0.15, -0.1) is 11.3 Å². The summed E-state index contributed by atoms with van der Waals surface area (Å²) in [4.78, 5) is 0. The second kappa shape index (κ2) is 5.35. The Morgan fingerprint density at radius 2 is 2.00 bits per heavy atom. The number of benzene rings is 1. The minimum atomic E-state index is -4.75. The summed E-state index contributed by atoms with van der Waals surface area (Å²) in [6.45, 7) is 3.39. The van der Waals surface area contributed by atoms with Gasteiger partial charge in [-0.25, -0.2) is 0 Å². The Balaban J connectivity index is 2.55. The summed E-state index contributed by atoms with van der Waals surface area (Å²) in [6.07, 6.45) is -4.75. The smallest absolute Gasteiger partial charge is 0.375 e. The van der Waals surface area contributed by atoms with Gasteiger partial charge in [-0.1, -0.05) is 13.0 Å². The molecule has 0 saturated heterocycles. The highest BCUT2D eigenvalue weighted by Crippen LogP contribution is 2.42. The largest absolute Gasteiger partial charge is 0.422 e. The number of thiophene rings is 1. The summed E-state index contributed by atoms with van der Waals surface area (Å²) < 4.78 is 41.1. The molecule has 20 heavy (non-hydrogen) atoms. The monoisotopic (exact) mass is 303 g/mol. The van der Waals surface area contributed by atoms with Crippen LogP contribution in [0.1, 0.15) is 19.4 Å². The summed E-state index contributed by atoms with van der Waals surface area (Å²) in [5, 5.41) is 15.5. The maximum atomic E-state index is 13.4. The first-order chi connectivity index (χ1) is 9.30. The van der Waals surface area contributed by atoms with Crippen molar-refractivity contribution in [3.63, 3.8) is 0 Å². The van der Waals surface area contributed by atoms with Crippen LogP contribution in [-0.4, -0.2) is 23.9 Å². The lowest BCUT2D eigenvalue weighted by Crippen LogP contribution is -2.56. The molecular weight excluding hydrogens is 287 g/mol. The molecule has 1 heterocycles. The molecule has 0 saturated carbocycles. The zero-order valence-corrected chi connectivity index (χ0v) is 12.0. The zero-order chi connectivity index (χ0) is 15.0. The Bertz CT molecular complexity index is 595. The summed E-state index contributed by atoms with van der Waals surface area (Å²) in [5.74, 6) is 0. The molecule has 0 spiro atoms. The number of rotatable bonds is 4. The van der Waals surface area contributed by atoms with Crippen molar-refractivity contribution in [3.8, 4) is 0 Å². The SMILES string of the molecule is CCNC(C)C(O)(c1ccc2sccc2c1)C(F)(F)F. The number of fused-ring (bicyclic) bond motifs is 1. The Hall–Kier alpha value is -1.11. The first kappa shape index (κ1) is 15.3. The Labute approximate surface area is 119 Å². The number of halogens is 3. The minimum Gasteiger partial charge on any atom is -0.375 e. The fraction of sp³-hybridized carbons (Fsp3) is 0.429. The molecule has 0 fully saturated rings. The third kappa shape index (κ3) is 2.43. The van der Waals surface area contributed by atoms with Crippen LogP contribution in [0.15, 0.2) is 29.6 Å². The molecular formula is C14H16F3NOS. The van der Waals surface area contributed by atoms with Crippen LogP contribution in [-0.2, 0) is 5.60 Å². The summed E-state index contributed by atoms with van der Waals surface area (Å²) in [5.41, 5.74) is -3.04. The van der Waals surface area contributed by atoms with Crippen LogP contribution in [0.5, 0.6) is 0 Å². The molecule has 110 valence electrons. The van der Waals surface area contributed by atoms with Crippen molar-refractivity contribution < 1.29 is 18.3 Å². The van der Waals surface area contributed by atoms with Crippen molar-refractivity contribution in [2.45, 2.75) is 31.7 Å². The van der Waals surface area contributed by atoms with E-state index in [1.165, 1.54) is 30.4 Å². The van der Waals surface area contributed by atoms with Crippen LogP contribution in [0.25, 0.3) is 10.1 Å². The lowest BCUT2D eigenvalue weighted by molar-refractivity contribution is -0.275. The van der Waals surface area contributed by atoms with Crippen molar-refractivity contribution in [2.75, 3.05) is 6.54 Å².